The fourth-order valence-corrected chi connectivity index (χ4v) is 0.846. The summed E-state index contributed by atoms with van der Waals surface area (Å²) >= 11 is 0. The molecule has 0 spiro atoms. The van der Waals surface area contributed by atoms with Crippen LogP contribution in [0.1, 0.15) is 0 Å². The Morgan fingerprint density at radius 3 is 2.44 bits per heavy atom. The molecule has 0 aliphatic heterocycles. The van der Waals surface area contributed by atoms with Gasteiger partial charge in [-0.2, -0.15) is 0 Å². The van der Waals surface area contributed by atoms with Gasteiger partial charge in [0, 0.05) is 6.54 Å². The normalized spacial score (nSPS) is 13.9. The van der Waals surface area contributed by atoms with Crippen LogP contribution in [0, 0.1) is 0 Å². The third-order valence-electron chi connectivity index (χ3n) is 1.20. The molecule has 0 aliphatic rings. The summed E-state index contributed by atoms with van der Waals surface area (Å²) in [5.74, 6) is 0. The highest BCUT2D eigenvalue weighted by atomic mass is 16.3. The summed E-state index contributed by atoms with van der Waals surface area (Å²) in [6, 6.07) is 0. The van der Waals surface area contributed by atoms with Crippen molar-refractivity contribution in [2.45, 2.75) is 19.2 Å². The summed E-state index contributed by atoms with van der Waals surface area (Å²) in [7, 11) is 5.01. The van der Waals surface area contributed by atoms with Gasteiger partial charge in [-0.05, 0) is 14.1 Å². The van der Waals surface area contributed by atoms with Crippen molar-refractivity contribution in [1.82, 2.24) is 4.90 Å². The Balaban J connectivity index is 3.15. The lowest BCUT2D eigenvalue weighted by Crippen LogP contribution is -2.26. The zero-order chi connectivity index (χ0) is 7.28. The van der Waals surface area contributed by atoms with Gasteiger partial charge < -0.3 is 10.0 Å². The van der Waals surface area contributed by atoms with Crippen LogP contribution < -0.4 is 0 Å². The Morgan fingerprint density at radius 2 is 2.11 bits per heavy atom. The van der Waals surface area contributed by atoms with E-state index >= 15 is 0 Å². The van der Waals surface area contributed by atoms with Crippen molar-refractivity contribution in [2.24, 2.45) is 0 Å². The van der Waals surface area contributed by atoms with E-state index in [-0.39, 0.29) is 6.10 Å². The van der Waals surface area contributed by atoms with Crippen LogP contribution in [-0.4, -0.2) is 44.0 Å². The maximum Gasteiger partial charge on any atom is 0.120 e. The summed E-state index contributed by atoms with van der Waals surface area (Å²) in [4.78, 5) is 2.00. The number of hydrogen-bond acceptors (Lipinski definition) is 2. The maximum absolute atomic E-state index is 9.18. The van der Waals surface area contributed by atoms with Gasteiger partial charge in [-0.15, -0.1) is 0 Å². The number of aliphatic hydroxyl groups excluding tert-OH is 1. The van der Waals surface area contributed by atoms with E-state index < -0.39 is 0 Å². The molecule has 3 heteroatoms. The van der Waals surface area contributed by atoms with Gasteiger partial charge in [-0.3, -0.25) is 0 Å². The highest BCUT2D eigenvalue weighted by Crippen LogP contribution is 1.91. The second-order valence-corrected chi connectivity index (χ2v) is 2.70. The Kier molecular flexibility index (Phi) is 4.82. The van der Waals surface area contributed by atoms with Crippen molar-refractivity contribution >= 4 is 7.28 Å². The minimum absolute atomic E-state index is 0.134. The first kappa shape index (κ1) is 8.98. The van der Waals surface area contributed by atoms with Crippen molar-refractivity contribution in [3.63, 3.8) is 0 Å². The lowest BCUT2D eigenvalue weighted by Gasteiger charge is -2.14. The molecule has 0 aliphatic carbocycles. The van der Waals surface area contributed by atoms with Crippen LogP contribution in [0.4, 0.5) is 0 Å². The number of aliphatic hydroxyl groups is 1. The van der Waals surface area contributed by atoms with E-state index in [4.69, 9.17) is 0 Å². The largest absolute Gasteiger partial charge is 0.393 e. The Morgan fingerprint density at radius 1 is 1.56 bits per heavy atom. The average Bonchev–Trinajstić information content (AvgIpc) is 1.63. The predicted octanol–water partition coefficient (Wildman–Crippen LogP) is -0.188. The summed E-state index contributed by atoms with van der Waals surface area (Å²) in [6.07, 6.45) is 0.781. The Bertz CT molecular complexity index is 68.1. The SMILES string of the molecule is CBCC(O)CN(C)C. The molecule has 54 valence electrons. The molecule has 0 aromatic heterocycles. The number of likely N-dealkylation sites (N-methyl/N-ethyl adjacent to an activating group) is 1. The topological polar surface area (TPSA) is 23.5 Å². The highest BCUT2D eigenvalue weighted by molar-refractivity contribution is 6.33. The molecule has 0 heterocycles. The second kappa shape index (κ2) is 4.83. The number of hydrogen-bond donors (Lipinski definition) is 1. The van der Waals surface area contributed by atoms with Crippen molar-refractivity contribution in [1.29, 1.82) is 0 Å². The molecular weight excluding hydrogens is 113 g/mol. The van der Waals surface area contributed by atoms with Crippen LogP contribution >= 0.6 is 0 Å². The minimum Gasteiger partial charge on any atom is -0.393 e. The third kappa shape index (κ3) is 5.86. The molecule has 0 saturated heterocycles. The first-order valence-electron chi connectivity index (χ1n) is 3.49. The van der Waals surface area contributed by atoms with Gasteiger partial charge in [0.1, 0.15) is 7.28 Å². The minimum atomic E-state index is -0.134. The summed E-state index contributed by atoms with van der Waals surface area (Å²) in [5, 5.41) is 9.18. The molecule has 0 bridgehead atoms. The van der Waals surface area contributed by atoms with Gasteiger partial charge in [-0.1, -0.05) is 13.1 Å². The Labute approximate surface area is 58.1 Å². The van der Waals surface area contributed by atoms with E-state index in [0.717, 1.165) is 20.1 Å². The van der Waals surface area contributed by atoms with Crippen LogP contribution in [0.25, 0.3) is 0 Å². The standard InChI is InChI=1S/C6H16BNO/c1-7-4-6(9)5-8(2)3/h6-7,9H,4-5H2,1-3H3. The monoisotopic (exact) mass is 129 g/mol. The maximum atomic E-state index is 9.18. The molecule has 0 amide bonds. The average molecular weight is 129 g/mol. The molecule has 0 aromatic carbocycles. The fourth-order valence-electron chi connectivity index (χ4n) is 0.846. The molecule has 0 saturated carbocycles. The zero-order valence-electron chi connectivity index (χ0n) is 6.59. The van der Waals surface area contributed by atoms with E-state index in [1.54, 1.807) is 0 Å². The van der Waals surface area contributed by atoms with Crippen molar-refractivity contribution in [3.8, 4) is 0 Å². The molecule has 0 radical (unpaired) electrons. The van der Waals surface area contributed by atoms with E-state index in [0.29, 0.717) is 0 Å². The van der Waals surface area contributed by atoms with E-state index in [1.807, 2.05) is 19.0 Å². The molecule has 2 nitrogen and oxygen atoms in total. The zero-order valence-corrected chi connectivity index (χ0v) is 6.59. The smallest absolute Gasteiger partial charge is 0.120 e. The Hall–Kier alpha value is -0.0151. The van der Waals surface area contributed by atoms with E-state index in [2.05, 4.69) is 6.82 Å². The van der Waals surface area contributed by atoms with Crippen molar-refractivity contribution in [2.75, 3.05) is 20.6 Å². The van der Waals surface area contributed by atoms with Crippen molar-refractivity contribution in [3.05, 3.63) is 0 Å². The van der Waals surface area contributed by atoms with Gasteiger partial charge in [0.05, 0.1) is 6.10 Å². The number of nitrogens with zero attached hydrogens (tertiary/aromatic N) is 1. The van der Waals surface area contributed by atoms with Crippen molar-refractivity contribution < 1.29 is 5.11 Å². The van der Waals surface area contributed by atoms with E-state index in [9.17, 15) is 5.11 Å². The lowest BCUT2D eigenvalue weighted by atomic mass is 9.75. The van der Waals surface area contributed by atoms with Crippen LogP contribution in [0.15, 0.2) is 0 Å². The molecule has 1 N–H and O–H groups in total. The molecule has 1 atom stereocenters. The van der Waals surface area contributed by atoms with Gasteiger partial charge in [0.2, 0.25) is 0 Å². The first-order valence-corrected chi connectivity index (χ1v) is 3.49. The van der Waals surface area contributed by atoms with Gasteiger partial charge in [0.15, 0.2) is 0 Å². The molecule has 1 unspecified atom stereocenters. The fraction of sp³-hybridized carbons (Fsp3) is 1.00. The van der Waals surface area contributed by atoms with Crippen LogP contribution in [0.5, 0.6) is 0 Å². The molecule has 0 aromatic rings. The summed E-state index contributed by atoms with van der Waals surface area (Å²) in [5.41, 5.74) is 0. The third-order valence-corrected chi connectivity index (χ3v) is 1.20. The van der Waals surface area contributed by atoms with Crippen LogP contribution in [0.3, 0.4) is 0 Å². The van der Waals surface area contributed by atoms with Gasteiger partial charge in [-0.25, -0.2) is 0 Å². The molecular formula is C6H16BNO. The van der Waals surface area contributed by atoms with Gasteiger partial charge >= 0.3 is 0 Å². The van der Waals surface area contributed by atoms with E-state index in [1.165, 1.54) is 0 Å². The highest BCUT2D eigenvalue weighted by Gasteiger charge is 2.02. The molecule has 9 heavy (non-hydrogen) atoms. The summed E-state index contributed by atoms with van der Waals surface area (Å²) < 4.78 is 0. The van der Waals surface area contributed by atoms with Crippen LogP contribution in [-0.2, 0) is 0 Å². The predicted molar refractivity (Wildman–Crippen MR) is 42.4 cm³/mol. The second-order valence-electron chi connectivity index (χ2n) is 2.70. The first-order chi connectivity index (χ1) is 4.16. The molecule has 0 fully saturated rings. The summed E-state index contributed by atoms with van der Waals surface area (Å²) in [6.45, 7) is 2.87. The van der Waals surface area contributed by atoms with Gasteiger partial charge in [0.25, 0.3) is 0 Å². The quantitative estimate of drug-likeness (QED) is 0.532. The number of rotatable bonds is 4. The lowest BCUT2D eigenvalue weighted by molar-refractivity contribution is 0.154. The van der Waals surface area contributed by atoms with Crippen LogP contribution in [0.2, 0.25) is 13.1 Å². The molecule has 0 rings (SSSR count).